The molecule has 0 saturated heterocycles. The van der Waals surface area contributed by atoms with Crippen LogP contribution < -0.4 is 18.9 Å². The van der Waals surface area contributed by atoms with Gasteiger partial charge in [-0.05, 0) is 42.3 Å². The lowest BCUT2D eigenvalue weighted by Crippen LogP contribution is -2.32. The lowest BCUT2D eigenvalue weighted by atomic mass is 10.00. The maximum atomic E-state index is 13.0. The number of rotatable bonds is 3. The summed E-state index contributed by atoms with van der Waals surface area (Å²) in [5, 5.41) is 0. The standard InChI is InChI=1S/C26H21NO5/c1-16-25-19(11-20-24(28)23(32-26(16)20)9-17-5-3-2-4-6-17)13-27(14-29-25)12-18-7-8-21-22(10-18)31-15-30-21/h2-11H,12-15H2,1H3/b23-9-. The number of carbonyl (C=O) groups is 1. The van der Waals surface area contributed by atoms with Gasteiger partial charge in [0, 0.05) is 24.2 Å². The predicted molar refractivity (Wildman–Crippen MR) is 118 cm³/mol. The summed E-state index contributed by atoms with van der Waals surface area (Å²) in [4.78, 5) is 15.2. The van der Waals surface area contributed by atoms with Gasteiger partial charge in [0.25, 0.3) is 0 Å². The third-order valence-corrected chi connectivity index (χ3v) is 5.94. The lowest BCUT2D eigenvalue weighted by molar-refractivity contribution is 0.0876. The van der Waals surface area contributed by atoms with Crippen molar-refractivity contribution in [3.8, 4) is 23.0 Å². The van der Waals surface area contributed by atoms with Crippen molar-refractivity contribution in [2.45, 2.75) is 20.0 Å². The van der Waals surface area contributed by atoms with E-state index in [0.29, 0.717) is 36.9 Å². The quantitative estimate of drug-likeness (QED) is 0.565. The van der Waals surface area contributed by atoms with Crippen LogP contribution in [0.4, 0.5) is 0 Å². The molecule has 160 valence electrons. The second-order valence-electron chi connectivity index (χ2n) is 8.17. The SMILES string of the molecule is Cc1c2c(cc3c1O/C(=C\c1ccccc1)C3=O)CN(Cc1ccc3c(c1)OCO3)CO2. The Morgan fingerprint density at radius 1 is 0.969 bits per heavy atom. The van der Waals surface area contributed by atoms with Crippen LogP contribution in [0.1, 0.15) is 32.6 Å². The van der Waals surface area contributed by atoms with Crippen LogP contribution in [0.15, 0.2) is 60.4 Å². The van der Waals surface area contributed by atoms with Gasteiger partial charge in [-0.15, -0.1) is 0 Å². The van der Waals surface area contributed by atoms with Gasteiger partial charge in [0.05, 0.1) is 5.56 Å². The molecular weight excluding hydrogens is 406 g/mol. The molecule has 0 spiro atoms. The number of allylic oxidation sites excluding steroid dienone is 1. The Balaban J connectivity index is 1.26. The Labute approximate surface area is 185 Å². The summed E-state index contributed by atoms with van der Waals surface area (Å²) >= 11 is 0. The summed E-state index contributed by atoms with van der Waals surface area (Å²) in [6.45, 7) is 4.06. The number of ketones is 1. The summed E-state index contributed by atoms with van der Waals surface area (Å²) in [7, 11) is 0. The van der Waals surface area contributed by atoms with E-state index in [1.807, 2.05) is 61.5 Å². The van der Waals surface area contributed by atoms with E-state index < -0.39 is 0 Å². The summed E-state index contributed by atoms with van der Waals surface area (Å²) in [5.74, 6) is 3.20. The summed E-state index contributed by atoms with van der Waals surface area (Å²) < 4.78 is 23.0. The number of ether oxygens (including phenoxy) is 4. The number of carbonyl (C=O) groups excluding carboxylic acids is 1. The first-order chi connectivity index (χ1) is 15.7. The van der Waals surface area contributed by atoms with E-state index in [1.165, 1.54) is 0 Å². The molecular formula is C26H21NO5. The van der Waals surface area contributed by atoms with Crippen LogP contribution in [0, 0.1) is 6.92 Å². The number of Topliss-reactive ketones (excluding diaryl/α,β-unsaturated/α-hetero) is 1. The van der Waals surface area contributed by atoms with Crippen LogP contribution in [0.2, 0.25) is 0 Å². The van der Waals surface area contributed by atoms with Crippen LogP contribution in [0.25, 0.3) is 6.08 Å². The average molecular weight is 427 g/mol. The van der Waals surface area contributed by atoms with Gasteiger partial charge in [0.1, 0.15) is 18.2 Å². The van der Waals surface area contributed by atoms with Crippen molar-refractivity contribution in [2.75, 3.05) is 13.5 Å². The van der Waals surface area contributed by atoms with Gasteiger partial charge in [-0.1, -0.05) is 36.4 Å². The first kappa shape index (κ1) is 19.0. The van der Waals surface area contributed by atoms with E-state index in [2.05, 4.69) is 4.90 Å². The van der Waals surface area contributed by atoms with Crippen LogP contribution in [0.3, 0.4) is 0 Å². The fraction of sp³-hybridized carbons (Fsp3) is 0.192. The van der Waals surface area contributed by atoms with Gasteiger partial charge in [0.2, 0.25) is 12.6 Å². The highest BCUT2D eigenvalue weighted by molar-refractivity contribution is 6.15. The molecule has 3 heterocycles. The summed E-state index contributed by atoms with van der Waals surface area (Å²) in [6, 6.07) is 17.6. The molecule has 0 atom stereocenters. The van der Waals surface area contributed by atoms with Crippen molar-refractivity contribution in [1.82, 2.24) is 4.90 Å². The van der Waals surface area contributed by atoms with E-state index in [-0.39, 0.29) is 12.6 Å². The van der Waals surface area contributed by atoms with Crippen LogP contribution in [-0.2, 0) is 13.1 Å². The molecule has 32 heavy (non-hydrogen) atoms. The molecule has 0 saturated carbocycles. The summed E-state index contributed by atoms with van der Waals surface area (Å²) in [5.41, 5.74) is 4.50. The van der Waals surface area contributed by atoms with Crippen molar-refractivity contribution in [3.63, 3.8) is 0 Å². The number of hydrogen-bond donors (Lipinski definition) is 0. The van der Waals surface area contributed by atoms with Gasteiger partial charge < -0.3 is 18.9 Å². The number of nitrogens with zero attached hydrogens (tertiary/aromatic N) is 1. The molecule has 0 N–H and O–H groups in total. The maximum absolute atomic E-state index is 13.0. The zero-order valence-corrected chi connectivity index (χ0v) is 17.6. The van der Waals surface area contributed by atoms with E-state index in [1.54, 1.807) is 6.08 Å². The fourth-order valence-corrected chi connectivity index (χ4v) is 4.40. The first-order valence-electron chi connectivity index (χ1n) is 10.5. The van der Waals surface area contributed by atoms with Crippen molar-refractivity contribution in [1.29, 1.82) is 0 Å². The normalized spacial score (nSPS) is 17.7. The Hall–Kier alpha value is -3.77. The second-order valence-corrected chi connectivity index (χ2v) is 8.17. The summed E-state index contributed by atoms with van der Waals surface area (Å²) in [6.07, 6.45) is 1.79. The van der Waals surface area contributed by atoms with E-state index in [4.69, 9.17) is 18.9 Å². The van der Waals surface area contributed by atoms with Crippen LogP contribution in [0.5, 0.6) is 23.0 Å². The van der Waals surface area contributed by atoms with Crippen molar-refractivity contribution in [2.24, 2.45) is 0 Å². The molecule has 0 bridgehead atoms. The molecule has 0 fully saturated rings. The largest absolute Gasteiger partial charge is 0.477 e. The van der Waals surface area contributed by atoms with E-state index >= 15 is 0 Å². The molecule has 0 radical (unpaired) electrons. The molecule has 0 aromatic heterocycles. The molecule has 3 aliphatic heterocycles. The second kappa shape index (κ2) is 7.43. The first-order valence-corrected chi connectivity index (χ1v) is 10.5. The molecule has 3 aliphatic rings. The number of hydrogen-bond acceptors (Lipinski definition) is 6. The Bertz CT molecular complexity index is 1260. The Morgan fingerprint density at radius 2 is 1.81 bits per heavy atom. The van der Waals surface area contributed by atoms with Crippen molar-refractivity contribution < 1.29 is 23.7 Å². The Morgan fingerprint density at radius 3 is 2.69 bits per heavy atom. The highest BCUT2D eigenvalue weighted by Gasteiger charge is 2.33. The van der Waals surface area contributed by atoms with Crippen molar-refractivity contribution >= 4 is 11.9 Å². The highest BCUT2D eigenvalue weighted by atomic mass is 16.7. The molecule has 6 nitrogen and oxygen atoms in total. The molecule has 0 aliphatic carbocycles. The van der Waals surface area contributed by atoms with Gasteiger partial charge in [-0.2, -0.15) is 0 Å². The molecule has 3 aromatic rings. The third-order valence-electron chi connectivity index (χ3n) is 5.94. The zero-order chi connectivity index (χ0) is 21.7. The van der Waals surface area contributed by atoms with Gasteiger partial charge in [-0.3, -0.25) is 9.69 Å². The molecule has 6 heteroatoms. The van der Waals surface area contributed by atoms with E-state index in [0.717, 1.165) is 39.5 Å². The topological polar surface area (TPSA) is 57.2 Å². The van der Waals surface area contributed by atoms with Gasteiger partial charge in [-0.25, -0.2) is 0 Å². The minimum atomic E-state index is -0.0948. The highest BCUT2D eigenvalue weighted by Crippen LogP contribution is 2.43. The van der Waals surface area contributed by atoms with E-state index in [9.17, 15) is 4.79 Å². The lowest BCUT2D eigenvalue weighted by Gasteiger charge is -2.30. The molecule has 6 rings (SSSR count). The number of benzene rings is 3. The van der Waals surface area contributed by atoms with Gasteiger partial charge >= 0.3 is 0 Å². The molecule has 0 unspecified atom stereocenters. The fourth-order valence-electron chi connectivity index (χ4n) is 4.40. The minimum Gasteiger partial charge on any atom is -0.477 e. The molecule has 0 amide bonds. The predicted octanol–water partition coefficient (Wildman–Crippen LogP) is 4.69. The number of fused-ring (bicyclic) bond motifs is 3. The smallest absolute Gasteiger partial charge is 0.231 e. The maximum Gasteiger partial charge on any atom is 0.231 e. The minimum absolute atomic E-state index is 0.0948. The molecule has 3 aromatic carbocycles. The Kier molecular flexibility index (Phi) is 4.40. The van der Waals surface area contributed by atoms with Crippen LogP contribution >= 0.6 is 0 Å². The zero-order valence-electron chi connectivity index (χ0n) is 17.6. The third kappa shape index (κ3) is 3.20. The van der Waals surface area contributed by atoms with Crippen LogP contribution in [-0.4, -0.2) is 24.2 Å². The van der Waals surface area contributed by atoms with Crippen molar-refractivity contribution in [3.05, 3.63) is 88.2 Å². The monoisotopic (exact) mass is 427 g/mol. The van der Waals surface area contributed by atoms with Gasteiger partial charge in [0.15, 0.2) is 17.3 Å². The average Bonchev–Trinajstić information content (AvgIpc) is 3.39.